The van der Waals surface area contributed by atoms with Crippen LogP contribution in [0.5, 0.6) is 0 Å². The molecule has 1 amide bonds. The maximum Gasteiger partial charge on any atom is 0.243 e. The molecule has 1 saturated carbocycles. The first-order valence-electron chi connectivity index (χ1n) is 8.85. The van der Waals surface area contributed by atoms with Crippen LogP contribution < -0.4 is 4.72 Å². The average molecular weight is 379 g/mol. The highest BCUT2D eigenvalue weighted by atomic mass is 32.2. The van der Waals surface area contributed by atoms with Crippen LogP contribution in [0.4, 0.5) is 4.39 Å². The molecule has 140 valence electrons. The first kappa shape index (κ1) is 18.8. The van der Waals surface area contributed by atoms with E-state index in [4.69, 9.17) is 0 Å². The summed E-state index contributed by atoms with van der Waals surface area (Å²) in [6, 6.07) is 6.58. The van der Waals surface area contributed by atoms with E-state index in [9.17, 15) is 22.9 Å². The Morgan fingerprint density at radius 3 is 2.69 bits per heavy atom. The van der Waals surface area contributed by atoms with Gasteiger partial charge in [-0.15, -0.1) is 0 Å². The molecule has 0 bridgehead atoms. The second-order valence-corrected chi connectivity index (χ2v) is 8.78. The molecule has 6 nitrogen and oxygen atoms in total. The van der Waals surface area contributed by atoms with Gasteiger partial charge in [-0.3, -0.25) is 4.79 Å². The van der Waals surface area contributed by atoms with Gasteiger partial charge in [-0.2, -0.15) is 5.26 Å². The Balaban J connectivity index is 1.71. The van der Waals surface area contributed by atoms with Crippen molar-refractivity contribution in [3.63, 3.8) is 0 Å². The Hall–Kier alpha value is -1.98. The van der Waals surface area contributed by atoms with E-state index < -0.39 is 27.3 Å². The lowest BCUT2D eigenvalue weighted by Gasteiger charge is -2.36. The first-order chi connectivity index (χ1) is 12.4. The number of likely N-dealkylation sites (tertiary alicyclic amines) is 1. The van der Waals surface area contributed by atoms with Gasteiger partial charge in [-0.25, -0.2) is 17.5 Å². The minimum atomic E-state index is -3.86. The number of carbonyl (C=O) groups is 1. The fourth-order valence-corrected chi connectivity index (χ4v) is 5.13. The molecule has 1 atom stereocenters. The van der Waals surface area contributed by atoms with E-state index in [1.54, 1.807) is 4.90 Å². The van der Waals surface area contributed by atoms with Crippen molar-refractivity contribution in [1.82, 2.24) is 9.62 Å². The number of sulfonamides is 1. The number of amides is 1. The highest BCUT2D eigenvalue weighted by Gasteiger charge is 2.45. The van der Waals surface area contributed by atoms with Crippen LogP contribution in [-0.2, 0) is 14.8 Å². The van der Waals surface area contributed by atoms with Crippen LogP contribution in [-0.4, -0.2) is 38.4 Å². The molecular formula is C18H22FN3O3S. The molecule has 0 aromatic heterocycles. The molecule has 1 aliphatic heterocycles. The lowest BCUT2D eigenvalue weighted by Crippen LogP contribution is -2.52. The maximum atomic E-state index is 13.3. The van der Waals surface area contributed by atoms with Gasteiger partial charge in [0.1, 0.15) is 11.2 Å². The van der Waals surface area contributed by atoms with E-state index in [-0.39, 0.29) is 17.3 Å². The minimum absolute atomic E-state index is 0.134. The Morgan fingerprint density at radius 1 is 1.31 bits per heavy atom. The summed E-state index contributed by atoms with van der Waals surface area (Å²) >= 11 is 0. The molecule has 0 radical (unpaired) electrons. The smallest absolute Gasteiger partial charge is 0.243 e. The summed E-state index contributed by atoms with van der Waals surface area (Å²) in [5.41, 5.74) is -0.955. The Morgan fingerprint density at radius 2 is 2.04 bits per heavy atom. The lowest BCUT2D eigenvalue weighted by molar-refractivity contribution is -0.140. The number of benzene rings is 1. The topological polar surface area (TPSA) is 90.3 Å². The number of rotatable bonds is 4. The summed E-state index contributed by atoms with van der Waals surface area (Å²) in [6.07, 6.45) is 4.12. The minimum Gasteiger partial charge on any atom is -0.340 e. The molecule has 3 rings (SSSR count). The number of nitrogens with zero attached hydrogens (tertiary/aromatic N) is 2. The highest BCUT2D eigenvalue weighted by Crippen LogP contribution is 2.39. The second kappa shape index (κ2) is 7.33. The van der Waals surface area contributed by atoms with E-state index in [0.29, 0.717) is 32.2 Å². The molecule has 1 N–H and O–H groups in total. The number of nitrogens with one attached hydrogen (secondary N) is 1. The third kappa shape index (κ3) is 3.74. The predicted octanol–water partition coefficient (Wildman–Crippen LogP) is 2.18. The van der Waals surface area contributed by atoms with Crippen LogP contribution in [0.1, 0.15) is 38.5 Å². The SMILES string of the molecule is N#CC1(C(=O)N2CCC[C@H](NS(=O)(=O)c3cccc(F)c3)C2)CCCC1. The molecule has 26 heavy (non-hydrogen) atoms. The zero-order valence-corrected chi connectivity index (χ0v) is 15.3. The van der Waals surface area contributed by atoms with Crippen molar-refractivity contribution >= 4 is 15.9 Å². The van der Waals surface area contributed by atoms with Crippen LogP contribution >= 0.6 is 0 Å². The van der Waals surface area contributed by atoms with Crippen LogP contribution in [0.15, 0.2) is 29.2 Å². The standard InChI is InChI=1S/C18H22FN3O3S/c19-14-5-3-7-16(11-14)26(24,25)21-15-6-4-10-22(12-15)17(23)18(13-20)8-1-2-9-18/h3,5,7,11,15,21H,1-2,4,6,8-10,12H2/t15-/m0/s1. The molecule has 8 heteroatoms. The van der Waals surface area contributed by atoms with Gasteiger partial charge in [0.25, 0.3) is 0 Å². The van der Waals surface area contributed by atoms with Gasteiger partial charge < -0.3 is 4.90 Å². The Kier molecular flexibility index (Phi) is 5.30. The van der Waals surface area contributed by atoms with Gasteiger partial charge in [-0.05, 0) is 43.9 Å². The van der Waals surface area contributed by atoms with E-state index in [1.807, 2.05) is 0 Å². The molecule has 0 unspecified atom stereocenters. The van der Waals surface area contributed by atoms with Gasteiger partial charge in [0.05, 0.1) is 11.0 Å². The number of hydrogen-bond donors (Lipinski definition) is 1. The number of piperidine rings is 1. The van der Waals surface area contributed by atoms with Gasteiger partial charge in [-0.1, -0.05) is 18.9 Å². The first-order valence-corrected chi connectivity index (χ1v) is 10.3. The number of carbonyl (C=O) groups excluding carboxylic acids is 1. The fraction of sp³-hybridized carbons (Fsp3) is 0.556. The van der Waals surface area contributed by atoms with Crippen molar-refractivity contribution in [3.8, 4) is 6.07 Å². The van der Waals surface area contributed by atoms with Crippen molar-refractivity contribution in [2.45, 2.75) is 49.5 Å². The summed E-state index contributed by atoms with van der Waals surface area (Å²) in [6.45, 7) is 0.761. The van der Waals surface area contributed by atoms with Gasteiger partial charge in [0.15, 0.2) is 0 Å². The number of nitriles is 1. The highest BCUT2D eigenvalue weighted by molar-refractivity contribution is 7.89. The van der Waals surface area contributed by atoms with Crippen molar-refractivity contribution in [3.05, 3.63) is 30.1 Å². The summed E-state index contributed by atoms with van der Waals surface area (Å²) in [7, 11) is -3.86. The normalized spacial score (nSPS) is 22.8. The molecule has 2 aliphatic rings. The van der Waals surface area contributed by atoms with Crippen molar-refractivity contribution < 1.29 is 17.6 Å². The quantitative estimate of drug-likeness (QED) is 0.868. The van der Waals surface area contributed by atoms with E-state index in [2.05, 4.69) is 10.8 Å². The Labute approximate surface area is 153 Å². The van der Waals surface area contributed by atoms with E-state index in [0.717, 1.165) is 18.9 Å². The molecule has 0 spiro atoms. The Bertz CT molecular complexity index is 828. The van der Waals surface area contributed by atoms with Crippen molar-refractivity contribution in [2.24, 2.45) is 5.41 Å². The fourth-order valence-electron chi connectivity index (χ4n) is 3.83. The maximum absolute atomic E-state index is 13.3. The van der Waals surface area contributed by atoms with Crippen LogP contribution in [0.25, 0.3) is 0 Å². The molecular weight excluding hydrogens is 357 g/mol. The molecule has 1 heterocycles. The zero-order chi connectivity index (χ0) is 18.8. The van der Waals surface area contributed by atoms with Crippen LogP contribution in [0, 0.1) is 22.6 Å². The second-order valence-electron chi connectivity index (χ2n) is 7.07. The average Bonchev–Trinajstić information content (AvgIpc) is 3.11. The van der Waals surface area contributed by atoms with Crippen LogP contribution in [0.2, 0.25) is 0 Å². The van der Waals surface area contributed by atoms with E-state index in [1.165, 1.54) is 18.2 Å². The predicted molar refractivity (Wildman–Crippen MR) is 92.8 cm³/mol. The third-order valence-electron chi connectivity index (χ3n) is 5.22. The molecule has 1 aromatic carbocycles. The monoisotopic (exact) mass is 379 g/mol. The molecule has 1 aromatic rings. The number of hydrogen-bond acceptors (Lipinski definition) is 4. The van der Waals surface area contributed by atoms with E-state index >= 15 is 0 Å². The van der Waals surface area contributed by atoms with Crippen molar-refractivity contribution in [1.29, 1.82) is 5.26 Å². The lowest BCUT2D eigenvalue weighted by atomic mass is 9.85. The molecule has 2 fully saturated rings. The number of halogens is 1. The van der Waals surface area contributed by atoms with Gasteiger partial charge >= 0.3 is 0 Å². The summed E-state index contributed by atoms with van der Waals surface area (Å²) in [5, 5.41) is 9.50. The van der Waals surface area contributed by atoms with Gasteiger partial charge in [0.2, 0.25) is 15.9 Å². The molecule has 1 saturated heterocycles. The van der Waals surface area contributed by atoms with Gasteiger partial charge in [0, 0.05) is 19.1 Å². The largest absolute Gasteiger partial charge is 0.340 e. The van der Waals surface area contributed by atoms with Crippen LogP contribution in [0.3, 0.4) is 0 Å². The summed E-state index contributed by atoms with van der Waals surface area (Å²) < 4.78 is 40.8. The molecule has 1 aliphatic carbocycles. The summed E-state index contributed by atoms with van der Waals surface area (Å²) in [4.78, 5) is 14.3. The zero-order valence-electron chi connectivity index (χ0n) is 14.4. The summed E-state index contributed by atoms with van der Waals surface area (Å²) in [5.74, 6) is -0.808. The van der Waals surface area contributed by atoms with Crippen molar-refractivity contribution in [2.75, 3.05) is 13.1 Å². The third-order valence-corrected chi connectivity index (χ3v) is 6.74.